The van der Waals surface area contributed by atoms with Crippen LogP contribution in [0.15, 0.2) is 71.6 Å². The van der Waals surface area contributed by atoms with Gasteiger partial charge in [-0.3, -0.25) is 4.18 Å². The third kappa shape index (κ3) is 6.03. The summed E-state index contributed by atoms with van der Waals surface area (Å²) in [5.74, 6) is 0.541. The molecule has 0 aliphatic heterocycles. The SMILES string of the molecule is Cc1ccc(S(=O)(=O)OCCOCCOCCOc2ccc3c4ccccc4n(C(=O)O)c3c2)cc1. The van der Waals surface area contributed by atoms with Gasteiger partial charge in [0.15, 0.2) is 0 Å². The Bertz CT molecular complexity index is 1440. The zero-order valence-corrected chi connectivity index (χ0v) is 20.6. The molecule has 190 valence electrons. The van der Waals surface area contributed by atoms with E-state index in [1.165, 1.54) is 16.7 Å². The van der Waals surface area contributed by atoms with Crippen LogP contribution >= 0.6 is 0 Å². The first kappa shape index (κ1) is 25.6. The molecule has 1 aromatic heterocycles. The first-order chi connectivity index (χ1) is 17.4. The number of benzene rings is 3. The van der Waals surface area contributed by atoms with Crippen molar-refractivity contribution in [3.63, 3.8) is 0 Å². The van der Waals surface area contributed by atoms with Gasteiger partial charge in [0.2, 0.25) is 0 Å². The zero-order valence-electron chi connectivity index (χ0n) is 19.8. The maximum atomic E-state index is 12.1. The number of aryl methyl sites for hydroxylation is 1. The van der Waals surface area contributed by atoms with Crippen molar-refractivity contribution in [2.45, 2.75) is 11.8 Å². The number of carboxylic acid groups (broad SMARTS) is 1. The van der Waals surface area contributed by atoms with Crippen LogP contribution in [0.4, 0.5) is 4.79 Å². The smallest absolute Gasteiger partial charge is 0.416 e. The zero-order chi connectivity index (χ0) is 25.5. The van der Waals surface area contributed by atoms with Gasteiger partial charge in [0.25, 0.3) is 10.1 Å². The minimum atomic E-state index is -3.80. The van der Waals surface area contributed by atoms with Crippen molar-refractivity contribution in [1.29, 1.82) is 0 Å². The molecule has 1 N–H and O–H groups in total. The molecule has 1 heterocycles. The molecule has 10 heteroatoms. The Labute approximate surface area is 208 Å². The second kappa shape index (κ2) is 11.5. The molecule has 0 unspecified atom stereocenters. The molecule has 3 aromatic carbocycles. The van der Waals surface area contributed by atoms with Crippen LogP contribution in [0.5, 0.6) is 5.75 Å². The number of aromatic nitrogens is 1. The number of nitrogens with zero attached hydrogens (tertiary/aromatic N) is 1. The summed E-state index contributed by atoms with van der Waals surface area (Å²) >= 11 is 0. The lowest BCUT2D eigenvalue weighted by Gasteiger charge is -2.09. The van der Waals surface area contributed by atoms with Gasteiger partial charge in [-0.25, -0.2) is 9.36 Å². The molecule has 4 aromatic rings. The standard InChI is InChI=1S/C26H27NO8S/c1-19-6-9-21(10-7-19)36(30,31)35-17-15-33-13-12-32-14-16-34-20-8-11-23-22-4-2-3-5-24(22)27(26(28)29)25(23)18-20/h2-11,18H,12-17H2,1H3,(H,28,29). The van der Waals surface area contributed by atoms with E-state index in [0.29, 0.717) is 30.0 Å². The maximum Gasteiger partial charge on any atom is 0.416 e. The van der Waals surface area contributed by atoms with Crippen LogP contribution in [-0.4, -0.2) is 63.8 Å². The molecule has 36 heavy (non-hydrogen) atoms. The Kier molecular flexibility index (Phi) is 8.21. The first-order valence-corrected chi connectivity index (χ1v) is 12.8. The van der Waals surface area contributed by atoms with Gasteiger partial charge in [0.1, 0.15) is 12.4 Å². The Balaban J connectivity index is 1.15. The summed E-state index contributed by atoms with van der Waals surface area (Å²) in [5, 5.41) is 11.4. The van der Waals surface area contributed by atoms with Gasteiger partial charge in [-0.1, -0.05) is 35.9 Å². The van der Waals surface area contributed by atoms with E-state index in [1.807, 2.05) is 25.1 Å². The van der Waals surface area contributed by atoms with E-state index in [9.17, 15) is 18.3 Å². The lowest BCUT2D eigenvalue weighted by molar-refractivity contribution is 0.0279. The number of fused-ring (bicyclic) bond motifs is 3. The van der Waals surface area contributed by atoms with Gasteiger partial charge < -0.3 is 19.3 Å². The second-order valence-electron chi connectivity index (χ2n) is 7.98. The predicted molar refractivity (Wildman–Crippen MR) is 134 cm³/mol. The van der Waals surface area contributed by atoms with E-state index in [1.54, 1.807) is 36.4 Å². The van der Waals surface area contributed by atoms with Gasteiger partial charge in [0, 0.05) is 16.8 Å². The number of para-hydroxylation sites is 1. The van der Waals surface area contributed by atoms with E-state index in [-0.39, 0.29) is 31.3 Å². The largest absolute Gasteiger partial charge is 0.491 e. The average Bonchev–Trinajstić information content (AvgIpc) is 3.19. The van der Waals surface area contributed by atoms with Crippen LogP contribution in [-0.2, 0) is 23.8 Å². The van der Waals surface area contributed by atoms with Crippen LogP contribution < -0.4 is 4.74 Å². The minimum Gasteiger partial charge on any atom is -0.491 e. The molecule has 0 fully saturated rings. The Morgan fingerprint density at radius 1 is 0.806 bits per heavy atom. The van der Waals surface area contributed by atoms with Crippen molar-refractivity contribution in [2.24, 2.45) is 0 Å². The molecule has 0 saturated heterocycles. The lowest BCUT2D eigenvalue weighted by atomic mass is 10.1. The number of hydrogen-bond acceptors (Lipinski definition) is 7. The predicted octanol–water partition coefficient (Wildman–Crippen LogP) is 4.45. The molecular weight excluding hydrogens is 486 g/mol. The number of rotatable bonds is 12. The summed E-state index contributed by atoms with van der Waals surface area (Å²) in [6, 6.07) is 19.1. The third-order valence-electron chi connectivity index (χ3n) is 5.48. The van der Waals surface area contributed by atoms with Crippen molar-refractivity contribution in [3.8, 4) is 5.75 Å². The van der Waals surface area contributed by atoms with Crippen LogP contribution in [0.1, 0.15) is 5.56 Å². The Morgan fingerprint density at radius 3 is 2.17 bits per heavy atom. The third-order valence-corrected chi connectivity index (χ3v) is 6.81. The Hall–Kier alpha value is -3.44. The molecule has 0 bridgehead atoms. The topological polar surface area (TPSA) is 113 Å². The highest BCUT2D eigenvalue weighted by Gasteiger charge is 2.16. The summed E-state index contributed by atoms with van der Waals surface area (Å²) < 4.78 is 46.9. The minimum absolute atomic E-state index is 0.0884. The summed E-state index contributed by atoms with van der Waals surface area (Å²) in [6.45, 7) is 3.06. The molecule has 0 aliphatic carbocycles. The first-order valence-electron chi connectivity index (χ1n) is 11.4. The molecule has 0 saturated carbocycles. The van der Waals surface area contributed by atoms with Crippen LogP contribution in [0.25, 0.3) is 21.8 Å². The fraction of sp³-hybridized carbons (Fsp3) is 0.269. The number of ether oxygens (including phenoxy) is 3. The van der Waals surface area contributed by atoms with Gasteiger partial charge in [-0.15, -0.1) is 0 Å². The molecule has 9 nitrogen and oxygen atoms in total. The summed E-state index contributed by atoms with van der Waals surface area (Å²) in [5.41, 5.74) is 2.14. The van der Waals surface area contributed by atoms with Gasteiger partial charge in [-0.05, 0) is 37.3 Å². The molecule has 4 rings (SSSR count). The van der Waals surface area contributed by atoms with Crippen molar-refractivity contribution >= 4 is 38.0 Å². The van der Waals surface area contributed by atoms with Crippen LogP contribution in [0.3, 0.4) is 0 Å². The number of carbonyl (C=O) groups is 1. The fourth-order valence-electron chi connectivity index (χ4n) is 3.76. The van der Waals surface area contributed by atoms with Gasteiger partial charge in [0.05, 0.1) is 49.0 Å². The monoisotopic (exact) mass is 513 g/mol. The van der Waals surface area contributed by atoms with Crippen molar-refractivity contribution < 1.29 is 36.7 Å². The summed E-state index contributed by atoms with van der Waals surface area (Å²) in [4.78, 5) is 11.9. The van der Waals surface area contributed by atoms with Gasteiger partial charge in [-0.2, -0.15) is 8.42 Å². The quantitative estimate of drug-likeness (QED) is 0.218. The fourth-order valence-corrected chi connectivity index (χ4v) is 4.66. The Morgan fingerprint density at radius 2 is 1.44 bits per heavy atom. The van der Waals surface area contributed by atoms with Crippen LogP contribution in [0, 0.1) is 6.92 Å². The average molecular weight is 514 g/mol. The molecular formula is C26H27NO8S. The van der Waals surface area contributed by atoms with Crippen molar-refractivity contribution in [1.82, 2.24) is 4.57 Å². The van der Waals surface area contributed by atoms with E-state index in [2.05, 4.69) is 0 Å². The molecule has 0 radical (unpaired) electrons. The van der Waals surface area contributed by atoms with Crippen LogP contribution in [0.2, 0.25) is 0 Å². The van der Waals surface area contributed by atoms with E-state index in [4.69, 9.17) is 18.4 Å². The van der Waals surface area contributed by atoms with E-state index in [0.717, 1.165) is 16.3 Å². The highest BCUT2D eigenvalue weighted by molar-refractivity contribution is 7.86. The molecule has 0 spiro atoms. The molecule has 0 aliphatic rings. The molecule has 0 amide bonds. The van der Waals surface area contributed by atoms with Crippen molar-refractivity contribution in [2.75, 3.05) is 39.6 Å². The maximum absolute atomic E-state index is 12.1. The van der Waals surface area contributed by atoms with E-state index < -0.39 is 16.2 Å². The van der Waals surface area contributed by atoms with E-state index >= 15 is 0 Å². The van der Waals surface area contributed by atoms with Crippen molar-refractivity contribution in [3.05, 3.63) is 72.3 Å². The second-order valence-corrected chi connectivity index (χ2v) is 9.59. The summed E-state index contributed by atoms with van der Waals surface area (Å²) in [6.07, 6.45) is -1.06. The number of hydrogen-bond donors (Lipinski definition) is 1. The highest BCUT2D eigenvalue weighted by atomic mass is 32.2. The van der Waals surface area contributed by atoms with Gasteiger partial charge >= 0.3 is 6.09 Å². The molecule has 0 atom stereocenters. The summed E-state index contributed by atoms with van der Waals surface area (Å²) in [7, 11) is -3.80. The normalized spacial score (nSPS) is 11.8. The lowest BCUT2D eigenvalue weighted by Crippen LogP contribution is -2.15. The highest BCUT2D eigenvalue weighted by Crippen LogP contribution is 2.31.